The monoisotopic (exact) mass is 319 g/mol. The van der Waals surface area contributed by atoms with Crippen LogP contribution in [0.5, 0.6) is 0 Å². The summed E-state index contributed by atoms with van der Waals surface area (Å²) in [5.41, 5.74) is 2.08. The van der Waals surface area contributed by atoms with Crippen LogP contribution in [0.4, 0.5) is 11.4 Å². The van der Waals surface area contributed by atoms with Crippen molar-refractivity contribution in [1.29, 1.82) is 0 Å². The summed E-state index contributed by atoms with van der Waals surface area (Å²) in [5.74, 6) is 0.0302. The molecule has 0 bridgehead atoms. The standard InChI is InChI=1S/C18H29N3O2/c1-3-14(4-2)20-18(23)13-19-16-7-5-6-8-17(16)21-11-9-15(22)10-12-21/h5-8,14-15,19,22H,3-4,9-13H2,1-2H3,(H,20,23). The molecule has 1 aliphatic rings. The first-order valence-corrected chi connectivity index (χ1v) is 8.69. The fourth-order valence-electron chi connectivity index (χ4n) is 2.95. The van der Waals surface area contributed by atoms with E-state index in [1.807, 2.05) is 18.2 Å². The second kappa shape index (κ2) is 8.77. The van der Waals surface area contributed by atoms with E-state index < -0.39 is 0 Å². The number of amides is 1. The van der Waals surface area contributed by atoms with Crippen molar-refractivity contribution >= 4 is 17.3 Å². The summed E-state index contributed by atoms with van der Waals surface area (Å²) in [4.78, 5) is 14.3. The zero-order chi connectivity index (χ0) is 16.7. The zero-order valence-corrected chi connectivity index (χ0v) is 14.2. The molecule has 128 valence electrons. The van der Waals surface area contributed by atoms with E-state index in [0.717, 1.165) is 50.1 Å². The lowest BCUT2D eigenvalue weighted by Crippen LogP contribution is -2.38. The molecule has 0 unspecified atom stereocenters. The van der Waals surface area contributed by atoms with Gasteiger partial charge in [-0.1, -0.05) is 26.0 Å². The number of piperidine rings is 1. The van der Waals surface area contributed by atoms with E-state index in [1.165, 1.54) is 0 Å². The maximum absolute atomic E-state index is 12.1. The molecule has 1 fully saturated rings. The average Bonchev–Trinajstić information content (AvgIpc) is 2.59. The second-order valence-corrected chi connectivity index (χ2v) is 6.17. The molecular weight excluding hydrogens is 290 g/mol. The van der Waals surface area contributed by atoms with Crippen molar-refractivity contribution in [2.24, 2.45) is 0 Å². The highest BCUT2D eigenvalue weighted by molar-refractivity contribution is 5.83. The van der Waals surface area contributed by atoms with Crippen molar-refractivity contribution in [3.05, 3.63) is 24.3 Å². The Morgan fingerprint density at radius 3 is 2.57 bits per heavy atom. The molecule has 5 nitrogen and oxygen atoms in total. The molecule has 1 heterocycles. The normalized spacial score (nSPS) is 15.7. The van der Waals surface area contributed by atoms with Gasteiger partial charge in [0.2, 0.25) is 5.91 Å². The minimum atomic E-state index is -0.183. The van der Waals surface area contributed by atoms with Gasteiger partial charge in [-0.15, -0.1) is 0 Å². The Hall–Kier alpha value is -1.75. The number of nitrogens with one attached hydrogen (secondary N) is 2. The molecule has 0 atom stereocenters. The average molecular weight is 319 g/mol. The first-order valence-electron chi connectivity index (χ1n) is 8.69. The lowest BCUT2D eigenvalue weighted by molar-refractivity contribution is -0.120. The maximum atomic E-state index is 12.1. The van der Waals surface area contributed by atoms with E-state index in [9.17, 15) is 9.90 Å². The van der Waals surface area contributed by atoms with Crippen molar-refractivity contribution in [3.63, 3.8) is 0 Å². The number of rotatable bonds is 7. The van der Waals surface area contributed by atoms with Crippen LogP contribution >= 0.6 is 0 Å². The number of aliphatic hydroxyl groups excluding tert-OH is 1. The molecule has 3 N–H and O–H groups in total. The Balaban J connectivity index is 1.94. The molecule has 1 aliphatic heterocycles. The van der Waals surface area contributed by atoms with Crippen LogP contribution in [0.3, 0.4) is 0 Å². The van der Waals surface area contributed by atoms with E-state index >= 15 is 0 Å². The molecule has 0 radical (unpaired) electrons. The van der Waals surface area contributed by atoms with Crippen molar-refractivity contribution < 1.29 is 9.90 Å². The molecule has 0 aliphatic carbocycles. The van der Waals surface area contributed by atoms with Gasteiger partial charge >= 0.3 is 0 Å². The third kappa shape index (κ3) is 5.13. The van der Waals surface area contributed by atoms with Crippen molar-refractivity contribution in [2.75, 3.05) is 29.9 Å². The third-order valence-corrected chi connectivity index (χ3v) is 4.50. The summed E-state index contributed by atoms with van der Waals surface area (Å²) >= 11 is 0. The molecule has 1 amide bonds. The topological polar surface area (TPSA) is 64.6 Å². The van der Waals surface area contributed by atoms with Crippen LogP contribution in [0, 0.1) is 0 Å². The predicted molar refractivity (Wildman–Crippen MR) is 94.9 cm³/mol. The first kappa shape index (κ1) is 17.6. The SMILES string of the molecule is CCC(CC)NC(=O)CNc1ccccc1N1CCC(O)CC1. The predicted octanol–water partition coefficient (Wildman–Crippen LogP) is 2.36. The molecule has 0 aromatic heterocycles. The molecule has 1 saturated heterocycles. The van der Waals surface area contributed by atoms with Gasteiger partial charge in [0, 0.05) is 19.1 Å². The Kier molecular flexibility index (Phi) is 6.71. The smallest absolute Gasteiger partial charge is 0.239 e. The number of anilines is 2. The zero-order valence-electron chi connectivity index (χ0n) is 14.2. The van der Waals surface area contributed by atoms with Crippen LogP contribution in [0.2, 0.25) is 0 Å². The number of carbonyl (C=O) groups is 1. The summed E-state index contributed by atoms with van der Waals surface area (Å²) in [6, 6.07) is 8.31. The van der Waals surface area contributed by atoms with Gasteiger partial charge in [0.15, 0.2) is 0 Å². The van der Waals surface area contributed by atoms with Gasteiger partial charge in [-0.2, -0.15) is 0 Å². The molecular formula is C18H29N3O2. The number of nitrogens with zero attached hydrogens (tertiary/aromatic N) is 1. The molecule has 2 rings (SSSR count). The second-order valence-electron chi connectivity index (χ2n) is 6.17. The minimum absolute atomic E-state index is 0.0302. The number of hydrogen-bond donors (Lipinski definition) is 3. The van der Waals surface area contributed by atoms with Gasteiger partial charge in [-0.05, 0) is 37.8 Å². The number of para-hydroxylation sites is 2. The molecule has 23 heavy (non-hydrogen) atoms. The van der Waals surface area contributed by atoms with E-state index in [2.05, 4.69) is 35.4 Å². The highest BCUT2D eigenvalue weighted by Crippen LogP contribution is 2.28. The Labute approximate surface area is 139 Å². The van der Waals surface area contributed by atoms with Crippen molar-refractivity contribution in [3.8, 4) is 0 Å². The summed E-state index contributed by atoms with van der Waals surface area (Å²) in [7, 11) is 0. The third-order valence-electron chi connectivity index (χ3n) is 4.50. The fraction of sp³-hybridized carbons (Fsp3) is 0.611. The lowest BCUT2D eigenvalue weighted by Gasteiger charge is -2.33. The van der Waals surface area contributed by atoms with Gasteiger partial charge in [0.1, 0.15) is 0 Å². The van der Waals surface area contributed by atoms with Crippen LogP contribution in [-0.2, 0) is 4.79 Å². The number of carbonyl (C=O) groups excluding carboxylic acids is 1. The summed E-state index contributed by atoms with van der Waals surface area (Å²) in [6.45, 7) is 6.15. The van der Waals surface area contributed by atoms with E-state index in [-0.39, 0.29) is 24.6 Å². The highest BCUT2D eigenvalue weighted by Gasteiger charge is 2.19. The van der Waals surface area contributed by atoms with E-state index in [4.69, 9.17) is 0 Å². The first-order chi connectivity index (χ1) is 11.1. The summed E-state index contributed by atoms with van der Waals surface area (Å²) in [6.07, 6.45) is 3.31. The van der Waals surface area contributed by atoms with Gasteiger partial charge < -0.3 is 20.6 Å². The van der Waals surface area contributed by atoms with Gasteiger partial charge in [-0.25, -0.2) is 0 Å². The number of aliphatic hydroxyl groups is 1. The highest BCUT2D eigenvalue weighted by atomic mass is 16.3. The Morgan fingerprint density at radius 2 is 1.91 bits per heavy atom. The fourth-order valence-corrected chi connectivity index (χ4v) is 2.95. The van der Waals surface area contributed by atoms with Crippen molar-refractivity contribution in [2.45, 2.75) is 51.7 Å². The largest absolute Gasteiger partial charge is 0.393 e. The van der Waals surface area contributed by atoms with Crippen molar-refractivity contribution in [1.82, 2.24) is 5.32 Å². The lowest BCUT2D eigenvalue weighted by atomic mass is 10.1. The van der Waals surface area contributed by atoms with Crippen LogP contribution in [0.1, 0.15) is 39.5 Å². The van der Waals surface area contributed by atoms with Gasteiger partial charge in [0.25, 0.3) is 0 Å². The molecule has 0 spiro atoms. The van der Waals surface area contributed by atoms with Crippen LogP contribution in [-0.4, -0.2) is 42.8 Å². The summed E-state index contributed by atoms with van der Waals surface area (Å²) < 4.78 is 0. The maximum Gasteiger partial charge on any atom is 0.239 e. The minimum Gasteiger partial charge on any atom is -0.393 e. The molecule has 0 saturated carbocycles. The van der Waals surface area contributed by atoms with E-state index in [0.29, 0.717) is 0 Å². The van der Waals surface area contributed by atoms with Gasteiger partial charge in [-0.3, -0.25) is 4.79 Å². The van der Waals surface area contributed by atoms with Crippen LogP contribution in [0.25, 0.3) is 0 Å². The Bertz CT molecular complexity index is 495. The summed E-state index contributed by atoms with van der Waals surface area (Å²) in [5, 5.41) is 16.0. The van der Waals surface area contributed by atoms with Gasteiger partial charge in [0.05, 0.1) is 24.0 Å². The number of benzene rings is 1. The van der Waals surface area contributed by atoms with Crippen LogP contribution < -0.4 is 15.5 Å². The number of hydrogen-bond acceptors (Lipinski definition) is 4. The van der Waals surface area contributed by atoms with E-state index in [1.54, 1.807) is 0 Å². The van der Waals surface area contributed by atoms with Crippen LogP contribution in [0.15, 0.2) is 24.3 Å². The Morgan fingerprint density at radius 1 is 1.26 bits per heavy atom. The molecule has 1 aromatic carbocycles. The quantitative estimate of drug-likeness (QED) is 0.722. The molecule has 1 aromatic rings. The molecule has 5 heteroatoms.